The molecule has 0 N–H and O–H groups in total. The summed E-state index contributed by atoms with van der Waals surface area (Å²) in [7, 11) is -1.89. The quantitative estimate of drug-likeness (QED) is 0.425. The van der Waals surface area contributed by atoms with Crippen molar-refractivity contribution in [3.05, 3.63) is 0 Å². The lowest BCUT2D eigenvalue weighted by Gasteiger charge is -2.01. The van der Waals surface area contributed by atoms with E-state index in [1.54, 1.807) is 6.66 Å². The van der Waals surface area contributed by atoms with Crippen LogP contribution < -0.4 is 0 Å². The molecule has 0 fully saturated rings. The third-order valence-electron chi connectivity index (χ3n) is 0.922. The van der Waals surface area contributed by atoms with Gasteiger partial charge >= 0.3 is 0 Å². The summed E-state index contributed by atoms with van der Waals surface area (Å²) in [6.45, 7) is 3.61. The normalized spacial score (nSPS) is 18.7. The van der Waals surface area contributed by atoms with Gasteiger partial charge in [0.2, 0.25) is 0 Å². The van der Waals surface area contributed by atoms with Crippen LogP contribution in [0.1, 0.15) is 6.92 Å². The molecule has 0 rings (SSSR count). The van der Waals surface area contributed by atoms with Gasteiger partial charge in [0.05, 0.1) is 12.8 Å². The highest BCUT2D eigenvalue weighted by molar-refractivity contribution is 7.64. The van der Waals surface area contributed by atoms with Crippen LogP contribution in [-0.2, 0) is 4.57 Å². The minimum absolute atomic E-state index is 0.323. The SMILES string of the molecule is CCP(C)(=O)CCl. The molecule has 1 unspecified atom stereocenters. The molecule has 44 valence electrons. The van der Waals surface area contributed by atoms with Crippen molar-refractivity contribution in [1.29, 1.82) is 0 Å². The predicted molar refractivity (Wildman–Crippen MR) is 34.8 cm³/mol. The zero-order valence-electron chi connectivity index (χ0n) is 4.65. The van der Waals surface area contributed by atoms with Gasteiger partial charge < -0.3 is 4.57 Å². The second-order valence-electron chi connectivity index (χ2n) is 1.73. The van der Waals surface area contributed by atoms with Crippen LogP contribution in [0.5, 0.6) is 0 Å². The molecule has 0 aliphatic heterocycles. The van der Waals surface area contributed by atoms with Gasteiger partial charge in [0.25, 0.3) is 0 Å². The maximum Gasteiger partial charge on any atom is 0.0986 e. The second-order valence-corrected chi connectivity index (χ2v) is 5.91. The molecule has 0 aliphatic carbocycles. The molecule has 0 amide bonds. The van der Waals surface area contributed by atoms with Gasteiger partial charge in [-0.25, -0.2) is 0 Å². The zero-order chi connectivity index (χ0) is 5.91. The molecular weight excluding hydrogens is 130 g/mol. The van der Waals surface area contributed by atoms with Crippen molar-refractivity contribution < 1.29 is 4.57 Å². The number of hydrogen-bond acceptors (Lipinski definition) is 1. The van der Waals surface area contributed by atoms with E-state index < -0.39 is 7.14 Å². The topological polar surface area (TPSA) is 17.1 Å². The predicted octanol–water partition coefficient (Wildman–Crippen LogP) is 2.20. The monoisotopic (exact) mass is 140 g/mol. The Bertz CT molecular complexity index is 83.7. The highest BCUT2D eigenvalue weighted by atomic mass is 35.5. The van der Waals surface area contributed by atoms with Crippen LogP contribution in [-0.4, -0.2) is 18.4 Å². The fourth-order valence-corrected chi connectivity index (χ4v) is 0.761. The van der Waals surface area contributed by atoms with E-state index in [9.17, 15) is 4.57 Å². The molecule has 0 radical (unpaired) electrons. The summed E-state index contributed by atoms with van der Waals surface area (Å²) in [5, 5.41) is 0. The largest absolute Gasteiger partial charge is 0.323 e. The Hall–Kier alpha value is 0.520. The lowest BCUT2D eigenvalue weighted by atomic mass is 11.0. The number of rotatable bonds is 2. The van der Waals surface area contributed by atoms with Gasteiger partial charge in [-0.3, -0.25) is 0 Å². The molecular formula is C4H10ClOP. The average Bonchev–Trinajstić information content (AvgIpc) is 1.68. The van der Waals surface area contributed by atoms with Crippen molar-refractivity contribution in [3.63, 3.8) is 0 Å². The van der Waals surface area contributed by atoms with Crippen molar-refractivity contribution in [2.45, 2.75) is 6.92 Å². The third-order valence-corrected chi connectivity index (χ3v) is 4.28. The van der Waals surface area contributed by atoms with Crippen molar-refractivity contribution in [2.24, 2.45) is 0 Å². The standard InChI is InChI=1S/C4H10ClOP/c1-3-7(2,6)4-5/h3-4H2,1-2H3. The first-order chi connectivity index (χ1) is 3.12. The first kappa shape index (κ1) is 7.52. The van der Waals surface area contributed by atoms with Crippen LogP contribution in [0, 0.1) is 0 Å². The van der Waals surface area contributed by atoms with Gasteiger partial charge in [-0.2, -0.15) is 0 Å². The Morgan fingerprint density at radius 1 is 1.71 bits per heavy atom. The van der Waals surface area contributed by atoms with Crippen LogP contribution in [0.25, 0.3) is 0 Å². The van der Waals surface area contributed by atoms with Crippen molar-refractivity contribution >= 4 is 18.7 Å². The Morgan fingerprint density at radius 3 is 2.14 bits per heavy atom. The molecule has 0 aromatic heterocycles. The number of hydrogen-bond donors (Lipinski definition) is 0. The van der Waals surface area contributed by atoms with Crippen molar-refractivity contribution in [1.82, 2.24) is 0 Å². The summed E-state index contributed by atoms with van der Waals surface area (Å²) < 4.78 is 10.8. The van der Waals surface area contributed by atoms with Gasteiger partial charge in [0.1, 0.15) is 0 Å². The minimum atomic E-state index is -1.89. The Balaban J connectivity index is 3.61. The molecule has 0 aliphatic rings. The van der Waals surface area contributed by atoms with Gasteiger partial charge in [-0.1, -0.05) is 6.92 Å². The van der Waals surface area contributed by atoms with E-state index in [-0.39, 0.29) is 0 Å². The van der Waals surface area contributed by atoms with E-state index in [0.717, 1.165) is 6.16 Å². The maximum absolute atomic E-state index is 10.8. The molecule has 7 heavy (non-hydrogen) atoms. The fraction of sp³-hybridized carbons (Fsp3) is 1.00. The second kappa shape index (κ2) is 2.74. The summed E-state index contributed by atoms with van der Waals surface area (Å²) in [5.41, 5.74) is 0.323. The fourth-order valence-electron chi connectivity index (χ4n) is 0.0845. The highest BCUT2D eigenvalue weighted by Gasteiger charge is 2.07. The first-order valence-corrected chi connectivity index (χ1v) is 5.30. The first-order valence-electron chi connectivity index (χ1n) is 2.24. The van der Waals surface area contributed by atoms with Crippen LogP contribution in [0.3, 0.4) is 0 Å². The Morgan fingerprint density at radius 2 is 2.14 bits per heavy atom. The third kappa shape index (κ3) is 3.13. The van der Waals surface area contributed by atoms with E-state index >= 15 is 0 Å². The van der Waals surface area contributed by atoms with E-state index in [1.807, 2.05) is 6.92 Å². The van der Waals surface area contributed by atoms with Crippen LogP contribution in [0.4, 0.5) is 0 Å². The maximum atomic E-state index is 10.8. The number of halogens is 1. The van der Waals surface area contributed by atoms with Gasteiger partial charge in [0.15, 0.2) is 0 Å². The Kier molecular flexibility index (Phi) is 2.94. The summed E-state index contributed by atoms with van der Waals surface area (Å²) in [5.74, 6) is 0. The molecule has 0 saturated heterocycles. The molecule has 1 atom stereocenters. The zero-order valence-corrected chi connectivity index (χ0v) is 6.30. The van der Waals surface area contributed by atoms with E-state index in [2.05, 4.69) is 0 Å². The van der Waals surface area contributed by atoms with E-state index in [1.165, 1.54) is 0 Å². The molecule has 1 nitrogen and oxygen atoms in total. The van der Waals surface area contributed by atoms with Crippen molar-refractivity contribution in [3.8, 4) is 0 Å². The van der Waals surface area contributed by atoms with E-state index in [0.29, 0.717) is 5.62 Å². The summed E-state index contributed by atoms with van der Waals surface area (Å²) in [4.78, 5) is 0. The smallest absolute Gasteiger partial charge is 0.0986 e. The Labute approximate surface area is 49.4 Å². The van der Waals surface area contributed by atoms with Gasteiger partial charge in [0, 0.05) is 0 Å². The minimum Gasteiger partial charge on any atom is -0.323 e. The van der Waals surface area contributed by atoms with Gasteiger partial charge in [-0.15, -0.1) is 11.6 Å². The van der Waals surface area contributed by atoms with Gasteiger partial charge in [-0.05, 0) is 12.8 Å². The summed E-state index contributed by atoms with van der Waals surface area (Å²) >= 11 is 5.33. The lowest BCUT2D eigenvalue weighted by Crippen LogP contribution is -1.81. The highest BCUT2D eigenvalue weighted by Crippen LogP contribution is 2.40. The molecule has 0 bridgehead atoms. The molecule has 0 saturated carbocycles. The lowest BCUT2D eigenvalue weighted by molar-refractivity contribution is 0.582. The van der Waals surface area contributed by atoms with Crippen molar-refractivity contribution in [2.75, 3.05) is 18.4 Å². The summed E-state index contributed by atoms with van der Waals surface area (Å²) in [6.07, 6.45) is 0.719. The number of alkyl halides is 1. The van der Waals surface area contributed by atoms with E-state index in [4.69, 9.17) is 11.6 Å². The van der Waals surface area contributed by atoms with Crippen LogP contribution >= 0.6 is 18.7 Å². The molecule has 0 spiro atoms. The molecule has 0 heterocycles. The van der Waals surface area contributed by atoms with Crippen LogP contribution in [0.15, 0.2) is 0 Å². The molecule has 3 heteroatoms. The molecule has 0 aromatic carbocycles. The molecule has 0 aromatic rings. The summed E-state index contributed by atoms with van der Waals surface area (Å²) in [6, 6.07) is 0. The average molecular weight is 141 g/mol. The van der Waals surface area contributed by atoms with Crippen LogP contribution in [0.2, 0.25) is 0 Å².